The van der Waals surface area contributed by atoms with Crippen LogP contribution in [-0.2, 0) is 9.53 Å². The Bertz CT molecular complexity index is 914. The molecule has 1 aliphatic rings. The molecule has 1 heterocycles. The van der Waals surface area contributed by atoms with Crippen LogP contribution in [0.3, 0.4) is 0 Å². The minimum absolute atomic E-state index is 0.121. The number of thioether (sulfide) groups is 1. The molecule has 2 aromatic rings. The highest BCUT2D eigenvalue weighted by Crippen LogP contribution is 2.42. The van der Waals surface area contributed by atoms with E-state index in [0.29, 0.717) is 34.3 Å². The summed E-state index contributed by atoms with van der Waals surface area (Å²) < 4.78 is 4.93. The molecule has 0 unspecified atom stereocenters. The average Bonchev–Trinajstić information content (AvgIpc) is 2.66. The molecule has 0 aliphatic carbocycles. The Kier molecular flexibility index (Phi) is 6.21. The highest BCUT2D eigenvalue weighted by Gasteiger charge is 2.27. The molecule has 0 aromatic heterocycles. The van der Waals surface area contributed by atoms with Crippen LogP contribution in [0.5, 0.6) is 0 Å². The molecular formula is C20H19ClN2O3S. The molecule has 0 atom stereocenters. The number of nitrogens with zero attached hydrogens (tertiary/aromatic N) is 1. The fourth-order valence-corrected chi connectivity index (χ4v) is 3.94. The first kappa shape index (κ1) is 19.5. The summed E-state index contributed by atoms with van der Waals surface area (Å²) in [6.45, 7) is 0.880. The second kappa shape index (κ2) is 8.61. The molecule has 5 nitrogen and oxygen atoms in total. The number of anilines is 1. The number of likely N-dealkylation sites (N-methyl/N-ethyl adjacent to an activating group) is 1. The van der Waals surface area contributed by atoms with E-state index >= 15 is 0 Å². The zero-order valence-electron chi connectivity index (χ0n) is 15.0. The maximum atomic E-state index is 12.8. The Morgan fingerprint density at radius 3 is 2.85 bits per heavy atom. The van der Waals surface area contributed by atoms with Crippen LogP contribution in [0.15, 0.2) is 52.3 Å². The zero-order valence-corrected chi connectivity index (χ0v) is 16.6. The molecule has 2 amide bonds. The number of ether oxygens (including phenoxy) is 1. The van der Waals surface area contributed by atoms with Crippen molar-refractivity contribution in [2.45, 2.75) is 4.90 Å². The van der Waals surface area contributed by atoms with Gasteiger partial charge in [0.1, 0.15) is 0 Å². The molecule has 0 fully saturated rings. The van der Waals surface area contributed by atoms with Crippen molar-refractivity contribution in [1.29, 1.82) is 0 Å². The number of nitrogens with one attached hydrogen (secondary N) is 1. The van der Waals surface area contributed by atoms with Crippen LogP contribution in [0.2, 0.25) is 5.02 Å². The lowest BCUT2D eigenvalue weighted by Gasteiger charge is -2.27. The quantitative estimate of drug-likeness (QED) is 0.610. The summed E-state index contributed by atoms with van der Waals surface area (Å²) >= 11 is 7.41. The van der Waals surface area contributed by atoms with Crippen LogP contribution in [0.25, 0.3) is 6.08 Å². The second-order valence-corrected chi connectivity index (χ2v) is 7.48. The summed E-state index contributed by atoms with van der Waals surface area (Å²) in [5, 5.41) is 3.40. The topological polar surface area (TPSA) is 58.6 Å². The van der Waals surface area contributed by atoms with Gasteiger partial charge in [-0.15, -0.1) is 0 Å². The fraction of sp³-hybridized carbons (Fsp3) is 0.200. The molecule has 7 heteroatoms. The van der Waals surface area contributed by atoms with Crippen LogP contribution in [0, 0.1) is 0 Å². The van der Waals surface area contributed by atoms with Crippen molar-refractivity contribution in [3.8, 4) is 0 Å². The number of rotatable bonds is 5. The average molecular weight is 403 g/mol. The lowest BCUT2D eigenvalue weighted by atomic mass is 10.1. The van der Waals surface area contributed by atoms with Gasteiger partial charge in [-0.1, -0.05) is 35.5 Å². The van der Waals surface area contributed by atoms with Crippen LogP contribution in [0.4, 0.5) is 5.69 Å². The number of benzene rings is 2. The van der Waals surface area contributed by atoms with Gasteiger partial charge in [0, 0.05) is 36.2 Å². The smallest absolute Gasteiger partial charge is 0.264 e. The van der Waals surface area contributed by atoms with Crippen LogP contribution in [0.1, 0.15) is 15.9 Å². The van der Waals surface area contributed by atoms with Crippen LogP contribution in [-0.4, -0.2) is 39.1 Å². The van der Waals surface area contributed by atoms with Gasteiger partial charge in [0.15, 0.2) is 0 Å². The lowest BCUT2D eigenvalue weighted by Crippen LogP contribution is -2.31. The lowest BCUT2D eigenvalue weighted by molar-refractivity contribution is -0.114. The highest BCUT2D eigenvalue weighted by atomic mass is 35.5. The van der Waals surface area contributed by atoms with Crippen molar-refractivity contribution in [2.24, 2.45) is 0 Å². The van der Waals surface area contributed by atoms with Gasteiger partial charge >= 0.3 is 0 Å². The first-order valence-corrected chi connectivity index (χ1v) is 9.53. The highest BCUT2D eigenvalue weighted by molar-refractivity contribution is 8.04. The predicted octanol–water partition coefficient (Wildman–Crippen LogP) is 3.83. The second-order valence-electron chi connectivity index (χ2n) is 5.96. The Hall–Kier alpha value is -2.28. The molecule has 1 N–H and O–H groups in total. The molecule has 0 saturated heterocycles. The van der Waals surface area contributed by atoms with E-state index in [1.54, 1.807) is 37.3 Å². The van der Waals surface area contributed by atoms with Gasteiger partial charge in [0.05, 0.1) is 17.2 Å². The SMILES string of the molecule is COCCNC(=O)c1ccc2c(c1)N(C)C(=O)/C(=C/c1cccc(Cl)c1)S2. The first-order chi connectivity index (χ1) is 13.0. The van der Waals surface area contributed by atoms with E-state index in [0.717, 1.165) is 10.5 Å². The molecule has 27 heavy (non-hydrogen) atoms. The molecule has 0 saturated carbocycles. The number of carbonyl (C=O) groups is 2. The van der Waals surface area contributed by atoms with Gasteiger partial charge in [0.25, 0.3) is 11.8 Å². The fourth-order valence-electron chi connectivity index (χ4n) is 2.65. The summed E-state index contributed by atoms with van der Waals surface area (Å²) in [5.74, 6) is -0.314. The van der Waals surface area contributed by atoms with E-state index in [1.807, 2.05) is 30.3 Å². The number of halogens is 1. The predicted molar refractivity (Wildman–Crippen MR) is 109 cm³/mol. The van der Waals surface area contributed by atoms with E-state index < -0.39 is 0 Å². The summed E-state index contributed by atoms with van der Waals surface area (Å²) in [4.78, 5) is 28.1. The maximum absolute atomic E-state index is 12.8. The Morgan fingerprint density at radius 2 is 2.11 bits per heavy atom. The normalized spacial score (nSPS) is 15.0. The molecular weight excluding hydrogens is 384 g/mol. The molecule has 2 aromatic carbocycles. The monoisotopic (exact) mass is 402 g/mol. The van der Waals surface area contributed by atoms with Crippen molar-refractivity contribution < 1.29 is 14.3 Å². The molecule has 0 spiro atoms. The van der Waals surface area contributed by atoms with Crippen molar-refractivity contribution in [1.82, 2.24) is 5.32 Å². The maximum Gasteiger partial charge on any atom is 0.264 e. The standard InChI is InChI=1S/C20H19ClN2O3S/c1-23-16-12-14(19(24)22-8-9-26-2)6-7-17(16)27-18(20(23)25)11-13-4-3-5-15(21)10-13/h3-7,10-12H,8-9H2,1-2H3,(H,22,24)/b18-11-. The Morgan fingerprint density at radius 1 is 1.30 bits per heavy atom. The third-order valence-corrected chi connectivity index (χ3v) is 5.37. The van der Waals surface area contributed by atoms with Gasteiger partial charge in [-0.3, -0.25) is 9.59 Å². The minimum atomic E-state index is -0.194. The largest absolute Gasteiger partial charge is 0.383 e. The summed E-state index contributed by atoms with van der Waals surface area (Å²) in [7, 11) is 3.29. The van der Waals surface area contributed by atoms with Gasteiger partial charge in [-0.2, -0.15) is 0 Å². The van der Waals surface area contributed by atoms with Gasteiger partial charge < -0.3 is 15.0 Å². The van der Waals surface area contributed by atoms with E-state index in [-0.39, 0.29) is 11.8 Å². The van der Waals surface area contributed by atoms with Crippen molar-refractivity contribution in [2.75, 3.05) is 32.2 Å². The third kappa shape index (κ3) is 4.53. The van der Waals surface area contributed by atoms with Crippen molar-refractivity contribution in [3.63, 3.8) is 0 Å². The van der Waals surface area contributed by atoms with Gasteiger partial charge in [-0.25, -0.2) is 0 Å². The van der Waals surface area contributed by atoms with E-state index in [1.165, 1.54) is 11.8 Å². The first-order valence-electron chi connectivity index (χ1n) is 8.34. The number of amides is 2. The molecule has 140 valence electrons. The zero-order chi connectivity index (χ0) is 19.4. The van der Waals surface area contributed by atoms with E-state index in [2.05, 4.69) is 5.32 Å². The molecule has 1 aliphatic heterocycles. The third-order valence-electron chi connectivity index (χ3n) is 4.06. The number of carbonyl (C=O) groups excluding carboxylic acids is 2. The molecule has 0 radical (unpaired) electrons. The van der Waals surface area contributed by atoms with E-state index in [4.69, 9.17) is 16.3 Å². The van der Waals surface area contributed by atoms with E-state index in [9.17, 15) is 9.59 Å². The van der Waals surface area contributed by atoms with Gasteiger partial charge in [0.2, 0.25) is 0 Å². The number of hydrogen-bond donors (Lipinski definition) is 1. The number of methoxy groups -OCH3 is 1. The van der Waals surface area contributed by atoms with Crippen molar-refractivity contribution >= 4 is 46.9 Å². The Labute approximate surface area is 167 Å². The molecule has 0 bridgehead atoms. The minimum Gasteiger partial charge on any atom is -0.383 e. The number of fused-ring (bicyclic) bond motifs is 1. The number of hydrogen-bond acceptors (Lipinski definition) is 4. The Balaban J connectivity index is 1.85. The van der Waals surface area contributed by atoms with Crippen LogP contribution >= 0.6 is 23.4 Å². The summed E-state index contributed by atoms with van der Waals surface area (Å²) in [6, 6.07) is 12.7. The molecule has 3 rings (SSSR count). The van der Waals surface area contributed by atoms with Crippen LogP contribution < -0.4 is 10.2 Å². The van der Waals surface area contributed by atoms with Crippen molar-refractivity contribution in [3.05, 3.63) is 63.5 Å². The van der Waals surface area contributed by atoms with Gasteiger partial charge in [-0.05, 0) is 42.0 Å². The summed E-state index contributed by atoms with van der Waals surface area (Å²) in [6.07, 6.45) is 1.82. The summed E-state index contributed by atoms with van der Waals surface area (Å²) in [5.41, 5.74) is 2.09.